The van der Waals surface area contributed by atoms with Gasteiger partial charge in [-0.3, -0.25) is 0 Å². The van der Waals surface area contributed by atoms with Crippen LogP contribution in [0.25, 0.3) is 0 Å². The molecule has 0 aliphatic rings. The summed E-state index contributed by atoms with van der Waals surface area (Å²) in [6, 6.07) is 1.54. The van der Waals surface area contributed by atoms with Gasteiger partial charge in [-0.1, -0.05) is 6.92 Å². The molecule has 0 spiro atoms. The van der Waals surface area contributed by atoms with E-state index in [0.29, 0.717) is 6.07 Å². The van der Waals surface area contributed by atoms with Gasteiger partial charge in [0.15, 0.2) is 0 Å². The summed E-state index contributed by atoms with van der Waals surface area (Å²) in [5.41, 5.74) is 0.0722. The first kappa shape index (κ1) is 12.1. The van der Waals surface area contributed by atoms with Gasteiger partial charge in [-0.2, -0.15) is 0 Å². The van der Waals surface area contributed by atoms with Crippen molar-refractivity contribution in [2.24, 2.45) is 0 Å². The first-order chi connectivity index (χ1) is 6.88. The third-order valence-electron chi connectivity index (χ3n) is 1.84. The van der Waals surface area contributed by atoms with E-state index in [1.165, 1.54) is 6.92 Å². The van der Waals surface area contributed by atoms with Gasteiger partial charge in [-0.25, -0.2) is 21.9 Å². The van der Waals surface area contributed by atoms with Crippen LogP contribution < -0.4 is 4.72 Å². The van der Waals surface area contributed by atoms with Gasteiger partial charge in [0.1, 0.15) is 16.5 Å². The SMILES string of the molecule is CCNS(=O)(=O)c1cc(F)c(C)cc1F. The van der Waals surface area contributed by atoms with Gasteiger partial charge >= 0.3 is 0 Å². The van der Waals surface area contributed by atoms with Crippen LogP contribution in [0, 0.1) is 18.6 Å². The van der Waals surface area contributed by atoms with Crippen molar-refractivity contribution in [3.63, 3.8) is 0 Å². The van der Waals surface area contributed by atoms with Crippen LogP contribution in [0.4, 0.5) is 8.78 Å². The maximum absolute atomic E-state index is 13.3. The highest BCUT2D eigenvalue weighted by atomic mass is 32.2. The number of nitrogens with one attached hydrogen (secondary N) is 1. The van der Waals surface area contributed by atoms with Crippen LogP contribution in [0.15, 0.2) is 17.0 Å². The molecule has 1 N–H and O–H groups in total. The van der Waals surface area contributed by atoms with Gasteiger partial charge in [0.25, 0.3) is 0 Å². The molecule has 1 aromatic rings. The average molecular weight is 235 g/mol. The minimum Gasteiger partial charge on any atom is -0.211 e. The minimum atomic E-state index is -3.95. The molecule has 0 unspecified atom stereocenters. The third kappa shape index (κ3) is 2.51. The fourth-order valence-electron chi connectivity index (χ4n) is 1.10. The van der Waals surface area contributed by atoms with Gasteiger partial charge in [0, 0.05) is 6.54 Å². The molecule has 84 valence electrons. The van der Waals surface area contributed by atoms with Crippen molar-refractivity contribution >= 4 is 10.0 Å². The van der Waals surface area contributed by atoms with Crippen LogP contribution in [-0.4, -0.2) is 15.0 Å². The normalized spacial score (nSPS) is 11.7. The molecule has 0 amide bonds. The molecule has 0 aromatic heterocycles. The summed E-state index contributed by atoms with van der Waals surface area (Å²) in [7, 11) is -3.95. The van der Waals surface area contributed by atoms with Gasteiger partial charge in [-0.15, -0.1) is 0 Å². The third-order valence-corrected chi connectivity index (χ3v) is 3.40. The molecule has 0 radical (unpaired) electrons. The molecule has 0 aliphatic carbocycles. The maximum Gasteiger partial charge on any atom is 0.243 e. The lowest BCUT2D eigenvalue weighted by molar-refractivity contribution is 0.544. The number of rotatable bonds is 3. The number of hydrogen-bond acceptors (Lipinski definition) is 2. The van der Waals surface area contributed by atoms with Crippen molar-refractivity contribution in [2.75, 3.05) is 6.54 Å². The quantitative estimate of drug-likeness (QED) is 0.864. The van der Waals surface area contributed by atoms with Crippen LogP contribution in [0.1, 0.15) is 12.5 Å². The first-order valence-electron chi connectivity index (χ1n) is 4.33. The summed E-state index contributed by atoms with van der Waals surface area (Å²) >= 11 is 0. The van der Waals surface area contributed by atoms with Crippen molar-refractivity contribution in [3.05, 3.63) is 29.3 Å². The van der Waals surface area contributed by atoms with E-state index in [2.05, 4.69) is 4.72 Å². The number of benzene rings is 1. The Morgan fingerprint density at radius 1 is 1.27 bits per heavy atom. The van der Waals surface area contributed by atoms with Crippen LogP contribution in [0.5, 0.6) is 0 Å². The Morgan fingerprint density at radius 2 is 1.87 bits per heavy atom. The lowest BCUT2D eigenvalue weighted by Gasteiger charge is -2.06. The fraction of sp³-hybridized carbons (Fsp3) is 0.333. The molecule has 3 nitrogen and oxygen atoms in total. The summed E-state index contributed by atoms with van der Waals surface area (Å²) in [6.45, 7) is 3.04. The van der Waals surface area contributed by atoms with Crippen molar-refractivity contribution in [2.45, 2.75) is 18.7 Å². The Balaban J connectivity index is 3.33. The molecule has 0 saturated heterocycles. The van der Waals surface area contributed by atoms with Gasteiger partial charge in [0.05, 0.1) is 0 Å². The summed E-state index contributed by atoms with van der Waals surface area (Å²) in [6.07, 6.45) is 0. The summed E-state index contributed by atoms with van der Waals surface area (Å²) in [4.78, 5) is -0.660. The molecular weight excluding hydrogens is 224 g/mol. The topological polar surface area (TPSA) is 46.2 Å². The van der Waals surface area contributed by atoms with Crippen LogP contribution in [0.2, 0.25) is 0 Å². The van der Waals surface area contributed by atoms with Crippen molar-refractivity contribution in [1.29, 1.82) is 0 Å². The highest BCUT2D eigenvalue weighted by Crippen LogP contribution is 2.18. The molecule has 15 heavy (non-hydrogen) atoms. The smallest absolute Gasteiger partial charge is 0.211 e. The molecule has 0 fully saturated rings. The molecule has 0 heterocycles. The monoisotopic (exact) mass is 235 g/mol. The Morgan fingerprint density at radius 3 is 2.40 bits per heavy atom. The van der Waals surface area contributed by atoms with Gasteiger partial charge in [-0.05, 0) is 24.6 Å². The van der Waals surface area contributed by atoms with E-state index in [0.717, 1.165) is 6.07 Å². The average Bonchev–Trinajstić information content (AvgIpc) is 2.11. The maximum atomic E-state index is 13.3. The van der Waals surface area contributed by atoms with Crippen molar-refractivity contribution < 1.29 is 17.2 Å². The highest BCUT2D eigenvalue weighted by Gasteiger charge is 2.19. The van der Waals surface area contributed by atoms with E-state index in [4.69, 9.17) is 0 Å². The molecular formula is C9H11F2NO2S. The van der Waals surface area contributed by atoms with Crippen LogP contribution in [0.3, 0.4) is 0 Å². The molecule has 0 bridgehead atoms. The van der Waals surface area contributed by atoms with Gasteiger partial charge in [0.2, 0.25) is 10.0 Å². The molecule has 0 aliphatic heterocycles. The predicted molar refractivity (Wildman–Crippen MR) is 52.0 cm³/mol. The van der Waals surface area contributed by atoms with E-state index >= 15 is 0 Å². The van der Waals surface area contributed by atoms with E-state index in [1.807, 2.05) is 0 Å². The molecule has 6 heteroatoms. The van der Waals surface area contributed by atoms with E-state index in [-0.39, 0.29) is 12.1 Å². The number of hydrogen-bond donors (Lipinski definition) is 1. The van der Waals surface area contributed by atoms with Crippen molar-refractivity contribution in [3.8, 4) is 0 Å². The lowest BCUT2D eigenvalue weighted by Crippen LogP contribution is -2.24. The molecule has 1 rings (SSSR count). The summed E-state index contributed by atoms with van der Waals surface area (Å²) < 4.78 is 51.2. The van der Waals surface area contributed by atoms with E-state index < -0.39 is 26.6 Å². The fourth-order valence-corrected chi connectivity index (χ4v) is 2.21. The van der Waals surface area contributed by atoms with E-state index in [1.54, 1.807) is 6.92 Å². The van der Waals surface area contributed by atoms with Gasteiger partial charge < -0.3 is 0 Å². The lowest BCUT2D eigenvalue weighted by atomic mass is 10.2. The summed E-state index contributed by atoms with van der Waals surface area (Å²) in [5, 5.41) is 0. The number of halogens is 2. The predicted octanol–water partition coefficient (Wildman–Crippen LogP) is 1.57. The Labute approximate surface area is 87.2 Å². The second kappa shape index (κ2) is 4.24. The first-order valence-corrected chi connectivity index (χ1v) is 5.82. The second-order valence-corrected chi connectivity index (χ2v) is 4.77. The largest absolute Gasteiger partial charge is 0.243 e. The van der Waals surface area contributed by atoms with Crippen LogP contribution in [-0.2, 0) is 10.0 Å². The van der Waals surface area contributed by atoms with E-state index in [9.17, 15) is 17.2 Å². The zero-order valence-corrected chi connectivity index (χ0v) is 9.16. The number of sulfonamides is 1. The standard InChI is InChI=1S/C9H11F2NO2S/c1-3-12-15(13,14)9-5-7(10)6(2)4-8(9)11/h4-5,12H,3H2,1-2H3. The van der Waals surface area contributed by atoms with Crippen molar-refractivity contribution in [1.82, 2.24) is 4.72 Å². The molecule has 1 aromatic carbocycles. The zero-order valence-electron chi connectivity index (χ0n) is 8.34. The summed E-state index contributed by atoms with van der Waals surface area (Å²) in [5.74, 6) is -1.69. The Hall–Kier alpha value is -1.01. The highest BCUT2D eigenvalue weighted by molar-refractivity contribution is 7.89. The minimum absolute atomic E-state index is 0.0722. The number of aryl methyl sites for hydroxylation is 1. The second-order valence-electron chi connectivity index (χ2n) is 3.03. The van der Waals surface area contributed by atoms with Crippen LogP contribution >= 0.6 is 0 Å². The molecule has 0 atom stereocenters. The zero-order chi connectivity index (χ0) is 11.6. The Kier molecular flexibility index (Phi) is 3.41. The molecule has 0 saturated carbocycles. The Bertz CT molecular complexity index is 471.